The van der Waals surface area contributed by atoms with Crippen LogP contribution in [0.5, 0.6) is 0 Å². The van der Waals surface area contributed by atoms with E-state index in [9.17, 15) is 4.79 Å². The number of amides is 1. The molecule has 2 rings (SSSR count). The SMILES string of the molecule is CN(C)c1ccc(CCNC(=O)CCC2CCCC2)cc1. The van der Waals surface area contributed by atoms with Crippen molar-refractivity contribution in [3.63, 3.8) is 0 Å². The Kier molecular flexibility index (Phi) is 6.09. The van der Waals surface area contributed by atoms with Crippen molar-refractivity contribution in [2.45, 2.75) is 44.9 Å². The molecule has 1 N–H and O–H groups in total. The lowest BCUT2D eigenvalue weighted by atomic mass is 10.0. The van der Waals surface area contributed by atoms with E-state index in [1.807, 2.05) is 14.1 Å². The Hall–Kier alpha value is -1.51. The standard InChI is InChI=1S/C18H28N2O/c1-20(2)17-10-7-16(8-11-17)13-14-19-18(21)12-9-15-5-3-4-6-15/h7-8,10-11,15H,3-6,9,12-14H2,1-2H3,(H,19,21). The fourth-order valence-corrected chi connectivity index (χ4v) is 3.03. The fraction of sp³-hybridized carbons (Fsp3) is 0.611. The molecule has 0 aromatic heterocycles. The minimum Gasteiger partial charge on any atom is -0.378 e. The van der Waals surface area contributed by atoms with Gasteiger partial charge < -0.3 is 10.2 Å². The van der Waals surface area contributed by atoms with E-state index in [1.54, 1.807) is 0 Å². The number of nitrogens with one attached hydrogen (secondary N) is 1. The van der Waals surface area contributed by atoms with Gasteiger partial charge in [-0.2, -0.15) is 0 Å². The number of carbonyl (C=O) groups is 1. The molecule has 0 heterocycles. The highest BCUT2D eigenvalue weighted by molar-refractivity contribution is 5.75. The van der Waals surface area contributed by atoms with Crippen molar-refractivity contribution in [1.29, 1.82) is 0 Å². The maximum absolute atomic E-state index is 11.8. The van der Waals surface area contributed by atoms with Crippen LogP contribution in [-0.2, 0) is 11.2 Å². The van der Waals surface area contributed by atoms with Crippen LogP contribution in [0.25, 0.3) is 0 Å². The van der Waals surface area contributed by atoms with E-state index in [0.29, 0.717) is 6.42 Å². The minimum atomic E-state index is 0.215. The van der Waals surface area contributed by atoms with E-state index < -0.39 is 0 Å². The summed E-state index contributed by atoms with van der Waals surface area (Å²) in [6.45, 7) is 0.741. The molecule has 0 unspecified atom stereocenters. The molecule has 3 nitrogen and oxygen atoms in total. The van der Waals surface area contributed by atoms with E-state index in [0.717, 1.165) is 25.3 Å². The highest BCUT2D eigenvalue weighted by atomic mass is 16.1. The second-order valence-electron chi connectivity index (χ2n) is 6.35. The first kappa shape index (κ1) is 15.9. The van der Waals surface area contributed by atoms with Crippen molar-refractivity contribution < 1.29 is 4.79 Å². The third kappa shape index (κ3) is 5.41. The quantitative estimate of drug-likeness (QED) is 0.834. The Morgan fingerprint density at radius 3 is 2.48 bits per heavy atom. The monoisotopic (exact) mass is 288 g/mol. The topological polar surface area (TPSA) is 32.3 Å². The number of anilines is 1. The Morgan fingerprint density at radius 1 is 1.19 bits per heavy atom. The van der Waals surface area contributed by atoms with Crippen LogP contribution in [0, 0.1) is 5.92 Å². The lowest BCUT2D eigenvalue weighted by Gasteiger charge is -2.13. The predicted molar refractivity (Wildman–Crippen MR) is 88.7 cm³/mol. The molecule has 1 aromatic carbocycles. The summed E-state index contributed by atoms with van der Waals surface area (Å²) in [6, 6.07) is 8.52. The fourth-order valence-electron chi connectivity index (χ4n) is 3.03. The van der Waals surface area contributed by atoms with Crippen molar-refractivity contribution in [1.82, 2.24) is 5.32 Å². The van der Waals surface area contributed by atoms with Gasteiger partial charge in [-0.25, -0.2) is 0 Å². The molecule has 0 radical (unpaired) electrons. The Labute approximate surface area is 128 Å². The van der Waals surface area contributed by atoms with Crippen LogP contribution in [0.3, 0.4) is 0 Å². The molecule has 1 saturated carbocycles. The number of carbonyl (C=O) groups excluding carboxylic acids is 1. The molecule has 0 aliphatic heterocycles. The summed E-state index contributed by atoms with van der Waals surface area (Å²) in [5.74, 6) is 1.01. The van der Waals surface area contributed by atoms with Crippen molar-refractivity contribution in [2.24, 2.45) is 5.92 Å². The van der Waals surface area contributed by atoms with Gasteiger partial charge in [0.05, 0.1) is 0 Å². The van der Waals surface area contributed by atoms with Gasteiger partial charge in [-0.15, -0.1) is 0 Å². The zero-order valence-corrected chi connectivity index (χ0v) is 13.4. The van der Waals surface area contributed by atoms with Crippen LogP contribution in [0.15, 0.2) is 24.3 Å². The van der Waals surface area contributed by atoms with Gasteiger partial charge in [0.1, 0.15) is 0 Å². The van der Waals surface area contributed by atoms with Crippen LogP contribution in [0.4, 0.5) is 5.69 Å². The molecule has 1 amide bonds. The summed E-state index contributed by atoms with van der Waals surface area (Å²) in [5, 5.41) is 3.04. The highest BCUT2D eigenvalue weighted by Crippen LogP contribution is 2.28. The van der Waals surface area contributed by atoms with E-state index in [4.69, 9.17) is 0 Å². The second-order valence-corrected chi connectivity index (χ2v) is 6.35. The zero-order chi connectivity index (χ0) is 15.1. The first-order valence-electron chi connectivity index (χ1n) is 8.18. The Morgan fingerprint density at radius 2 is 1.86 bits per heavy atom. The van der Waals surface area contributed by atoms with Crippen molar-refractivity contribution in [2.75, 3.05) is 25.5 Å². The number of hydrogen-bond acceptors (Lipinski definition) is 2. The molecule has 1 fully saturated rings. The van der Waals surface area contributed by atoms with Crippen LogP contribution >= 0.6 is 0 Å². The molecule has 21 heavy (non-hydrogen) atoms. The number of benzene rings is 1. The molecule has 1 aromatic rings. The first-order valence-corrected chi connectivity index (χ1v) is 8.18. The van der Waals surface area contributed by atoms with E-state index in [1.165, 1.54) is 36.9 Å². The highest BCUT2D eigenvalue weighted by Gasteiger charge is 2.15. The summed E-state index contributed by atoms with van der Waals surface area (Å²) in [5.41, 5.74) is 2.48. The van der Waals surface area contributed by atoms with E-state index in [2.05, 4.69) is 34.5 Å². The molecule has 1 aliphatic carbocycles. The second kappa shape index (κ2) is 8.06. The Balaban J connectivity index is 1.62. The third-order valence-corrected chi connectivity index (χ3v) is 4.44. The summed E-state index contributed by atoms with van der Waals surface area (Å²) in [7, 11) is 4.08. The van der Waals surface area contributed by atoms with E-state index >= 15 is 0 Å². The molecule has 0 bridgehead atoms. The van der Waals surface area contributed by atoms with Crippen LogP contribution in [0.1, 0.15) is 44.1 Å². The molecule has 0 saturated heterocycles. The zero-order valence-electron chi connectivity index (χ0n) is 13.4. The summed E-state index contributed by atoms with van der Waals surface area (Å²) in [6.07, 6.45) is 8.04. The van der Waals surface area contributed by atoms with Crippen LogP contribution < -0.4 is 10.2 Å². The van der Waals surface area contributed by atoms with Gasteiger partial charge >= 0.3 is 0 Å². The minimum absolute atomic E-state index is 0.215. The van der Waals surface area contributed by atoms with E-state index in [-0.39, 0.29) is 5.91 Å². The average molecular weight is 288 g/mol. The lowest BCUT2D eigenvalue weighted by molar-refractivity contribution is -0.121. The van der Waals surface area contributed by atoms with Gasteiger partial charge in [0.25, 0.3) is 0 Å². The summed E-state index contributed by atoms with van der Waals surface area (Å²) < 4.78 is 0. The maximum Gasteiger partial charge on any atom is 0.220 e. The van der Waals surface area contributed by atoms with Crippen molar-refractivity contribution >= 4 is 11.6 Å². The number of rotatable bonds is 7. The number of hydrogen-bond donors (Lipinski definition) is 1. The van der Waals surface area contributed by atoms with Gasteiger partial charge in [-0.05, 0) is 36.5 Å². The van der Waals surface area contributed by atoms with Gasteiger partial charge in [0.2, 0.25) is 5.91 Å². The largest absolute Gasteiger partial charge is 0.378 e. The molecule has 1 aliphatic rings. The predicted octanol–water partition coefficient (Wildman–Crippen LogP) is 3.38. The first-order chi connectivity index (χ1) is 10.1. The van der Waals surface area contributed by atoms with Gasteiger partial charge in [-0.3, -0.25) is 4.79 Å². The molecule has 0 spiro atoms. The normalized spacial score (nSPS) is 15.1. The average Bonchev–Trinajstić information content (AvgIpc) is 2.99. The molecule has 116 valence electrons. The van der Waals surface area contributed by atoms with Crippen LogP contribution in [0.2, 0.25) is 0 Å². The molecular formula is C18H28N2O. The smallest absolute Gasteiger partial charge is 0.220 e. The Bertz CT molecular complexity index is 433. The van der Waals surface area contributed by atoms with Gasteiger partial charge in [-0.1, -0.05) is 37.8 Å². The molecule has 3 heteroatoms. The summed E-state index contributed by atoms with van der Waals surface area (Å²) in [4.78, 5) is 13.9. The third-order valence-electron chi connectivity index (χ3n) is 4.44. The maximum atomic E-state index is 11.8. The van der Waals surface area contributed by atoms with Crippen molar-refractivity contribution in [3.8, 4) is 0 Å². The molecule has 0 atom stereocenters. The van der Waals surface area contributed by atoms with Gasteiger partial charge in [0.15, 0.2) is 0 Å². The summed E-state index contributed by atoms with van der Waals surface area (Å²) >= 11 is 0. The van der Waals surface area contributed by atoms with Crippen molar-refractivity contribution in [3.05, 3.63) is 29.8 Å². The number of nitrogens with zero attached hydrogens (tertiary/aromatic N) is 1. The molecular weight excluding hydrogens is 260 g/mol. The van der Waals surface area contributed by atoms with Crippen LogP contribution in [-0.4, -0.2) is 26.5 Å². The van der Waals surface area contributed by atoms with Gasteiger partial charge in [0, 0.05) is 32.7 Å². The lowest BCUT2D eigenvalue weighted by Crippen LogP contribution is -2.25.